The SMILES string of the molecule is CCC1(C)CCN(C(=O)C(F)(F)C(F)F)CC1. The van der Waals surface area contributed by atoms with Gasteiger partial charge in [-0.3, -0.25) is 4.79 Å². The quantitative estimate of drug-likeness (QED) is 0.710. The lowest BCUT2D eigenvalue weighted by Gasteiger charge is -2.39. The molecule has 0 aliphatic carbocycles. The molecule has 0 bridgehead atoms. The van der Waals surface area contributed by atoms with E-state index < -0.39 is 18.3 Å². The molecule has 2 nitrogen and oxygen atoms in total. The van der Waals surface area contributed by atoms with Gasteiger partial charge in [-0.25, -0.2) is 8.78 Å². The van der Waals surface area contributed by atoms with Crippen LogP contribution in [0.5, 0.6) is 0 Å². The summed E-state index contributed by atoms with van der Waals surface area (Å²) in [6.07, 6.45) is -1.89. The molecule has 0 unspecified atom stereocenters. The molecule has 1 aliphatic rings. The maximum Gasteiger partial charge on any atom is 0.383 e. The fourth-order valence-electron chi connectivity index (χ4n) is 1.91. The van der Waals surface area contributed by atoms with Crippen LogP contribution in [-0.4, -0.2) is 36.2 Å². The summed E-state index contributed by atoms with van der Waals surface area (Å²) in [5.74, 6) is -6.30. The standard InChI is InChI=1S/C11H17F4NO/c1-3-10(2)4-6-16(7-5-10)9(17)11(14,15)8(12)13/h8H,3-7H2,1-2H3. The number of carbonyl (C=O) groups excluding carboxylic acids is 1. The molecule has 1 heterocycles. The van der Waals surface area contributed by atoms with E-state index in [-0.39, 0.29) is 18.5 Å². The lowest BCUT2D eigenvalue weighted by Crippen LogP contribution is -2.51. The second-order valence-corrected chi connectivity index (χ2v) is 4.88. The second kappa shape index (κ2) is 4.82. The highest BCUT2D eigenvalue weighted by molar-refractivity contribution is 5.84. The van der Waals surface area contributed by atoms with Crippen LogP contribution in [0.4, 0.5) is 17.6 Å². The van der Waals surface area contributed by atoms with Gasteiger partial charge in [0.1, 0.15) is 0 Å². The number of amides is 1. The van der Waals surface area contributed by atoms with E-state index in [2.05, 4.69) is 0 Å². The number of halogens is 4. The van der Waals surface area contributed by atoms with E-state index in [1.807, 2.05) is 13.8 Å². The summed E-state index contributed by atoms with van der Waals surface area (Å²) in [4.78, 5) is 12.1. The van der Waals surface area contributed by atoms with Gasteiger partial charge < -0.3 is 4.90 Å². The van der Waals surface area contributed by atoms with Crippen LogP contribution in [0.25, 0.3) is 0 Å². The first-order chi connectivity index (χ1) is 7.73. The van der Waals surface area contributed by atoms with Crippen LogP contribution in [0.2, 0.25) is 0 Å². The number of likely N-dealkylation sites (tertiary alicyclic amines) is 1. The zero-order valence-electron chi connectivity index (χ0n) is 9.98. The van der Waals surface area contributed by atoms with Crippen molar-refractivity contribution >= 4 is 5.91 Å². The van der Waals surface area contributed by atoms with Crippen LogP contribution in [-0.2, 0) is 4.79 Å². The van der Waals surface area contributed by atoms with Crippen LogP contribution >= 0.6 is 0 Å². The highest BCUT2D eigenvalue weighted by Crippen LogP contribution is 2.35. The average Bonchev–Trinajstić information content (AvgIpc) is 2.29. The number of piperidine rings is 1. The molecule has 0 N–H and O–H groups in total. The fourth-order valence-corrected chi connectivity index (χ4v) is 1.91. The van der Waals surface area contributed by atoms with Gasteiger partial charge in [-0.2, -0.15) is 8.78 Å². The lowest BCUT2D eigenvalue weighted by atomic mass is 9.78. The molecular weight excluding hydrogens is 238 g/mol. The van der Waals surface area contributed by atoms with Crippen molar-refractivity contribution in [2.75, 3.05) is 13.1 Å². The van der Waals surface area contributed by atoms with Gasteiger partial charge in [0.05, 0.1) is 0 Å². The number of hydrogen-bond acceptors (Lipinski definition) is 1. The summed E-state index contributed by atoms with van der Waals surface area (Å²) in [5.41, 5.74) is 0.0247. The first-order valence-corrected chi connectivity index (χ1v) is 5.68. The molecular formula is C11H17F4NO. The molecule has 0 aromatic heterocycles. The van der Waals surface area contributed by atoms with Crippen LogP contribution in [0, 0.1) is 5.41 Å². The van der Waals surface area contributed by atoms with Crippen LogP contribution < -0.4 is 0 Å². The number of rotatable bonds is 3. The molecule has 0 aromatic carbocycles. The molecule has 0 saturated carbocycles. The van der Waals surface area contributed by atoms with Gasteiger partial charge in [0.2, 0.25) is 0 Å². The Morgan fingerprint density at radius 1 is 1.35 bits per heavy atom. The zero-order valence-corrected chi connectivity index (χ0v) is 9.98. The zero-order chi connectivity index (χ0) is 13.3. The third-order valence-corrected chi connectivity index (χ3v) is 3.67. The van der Waals surface area contributed by atoms with E-state index in [0.29, 0.717) is 12.8 Å². The Morgan fingerprint density at radius 2 is 1.82 bits per heavy atom. The number of hydrogen-bond donors (Lipinski definition) is 0. The molecule has 1 amide bonds. The lowest BCUT2D eigenvalue weighted by molar-refractivity contribution is -0.182. The van der Waals surface area contributed by atoms with Crippen molar-refractivity contribution in [3.05, 3.63) is 0 Å². The number of nitrogens with zero attached hydrogens (tertiary/aromatic N) is 1. The summed E-state index contributed by atoms with van der Waals surface area (Å²) in [7, 11) is 0. The maximum absolute atomic E-state index is 12.9. The van der Waals surface area contributed by atoms with E-state index >= 15 is 0 Å². The maximum atomic E-state index is 12.9. The monoisotopic (exact) mass is 255 g/mol. The van der Waals surface area contributed by atoms with E-state index in [1.54, 1.807) is 0 Å². The Morgan fingerprint density at radius 3 is 2.18 bits per heavy atom. The van der Waals surface area contributed by atoms with Crippen molar-refractivity contribution < 1.29 is 22.4 Å². The molecule has 0 spiro atoms. The Hall–Kier alpha value is -0.810. The Kier molecular flexibility index (Phi) is 4.04. The van der Waals surface area contributed by atoms with Crippen LogP contribution in [0.3, 0.4) is 0 Å². The Bertz CT molecular complexity index is 285. The van der Waals surface area contributed by atoms with Crippen molar-refractivity contribution in [2.45, 2.75) is 45.5 Å². The average molecular weight is 255 g/mol. The van der Waals surface area contributed by atoms with E-state index in [4.69, 9.17) is 0 Å². The van der Waals surface area contributed by atoms with E-state index in [9.17, 15) is 22.4 Å². The molecule has 1 aliphatic heterocycles. The van der Waals surface area contributed by atoms with Gasteiger partial charge in [-0.05, 0) is 18.3 Å². The second-order valence-electron chi connectivity index (χ2n) is 4.88. The molecule has 1 fully saturated rings. The summed E-state index contributed by atoms with van der Waals surface area (Å²) in [6, 6.07) is 0. The fraction of sp³-hybridized carbons (Fsp3) is 0.909. The smallest absolute Gasteiger partial charge is 0.337 e. The molecule has 1 saturated heterocycles. The van der Waals surface area contributed by atoms with Crippen LogP contribution in [0.1, 0.15) is 33.1 Å². The van der Waals surface area contributed by atoms with Gasteiger partial charge in [0, 0.05) is 13.1 Å². The van der Waals surface area contributed by atoms with Crippen molar-refractivity contribution in [1.29, 1.82) is 0 Å². The van der Waals surface area contributed by atoms with Gasteiger partial charge >= 0.3 is 12.3 Å². The van der Waals surface area contributed by atoms with Crippen molar-refractivity contribution in [3.63, 3.8) is 0 Å². The first-order valence-electron chi connectivity index (χ1n) is 5.68. The van der Waals surface area contributed by atoms with Gasteiger partial charge in [-0.1, -0.05) is 20.3 Å². The summed E-state index contributed by atoms with van der Waals surface area (Å²) < 4.78 is 49.8. The number of carbonyl (C=O) groups is 1. The Balaban J connectivity index is 2.64. The molecule has 0 aromatic rings. The summed E-state index contributed by atoms with van der Waals surface area (Å²) >= 11 is 0. The summed E-state index contributed by atoms with van der Waals surface area (Å²) in [5, 5.41) is 0. The van der Waals surface area contributed by atoms with E-state index in [1.165, 1.54) is 0 Å². The molecule has 0 radical (unpaired) electrons. The highest BCUT2D eigenvalue weighted by Gasteiger charge is 2.51. The minimum atomic E-state index is -4.56. The predicted molar refractivity (Wildman–Crippen MR) is 55.2 cm³/mol. The van der Waals surface area contributed by atoms with Crippen molar-refractivity contribution in [1.82, 2.24) is 4.90 Å². The van der Waals surface area contributed by atoms with E-state index in [0.717, 1.165) is 11.3 Å². The normalized spacial score (nSPS) is 20.8. The highest BCUT2D eigenvalue weighted by atomic mass is 19.3. The van der Waals surface area contributed by atoms with Crippen molar-refractivity contribution in [2.24, 2.45) is 5.41 Å². The summed E-state index contributed by atoms with van der Waals surface area (Å²) in [6.45, 7) is 4.27. The van der Waals surface area contributed by atoms with Gasteiger partial charge in [-0.15, -0.1) is 0 Å². The van der Waals surface area contributed by atoms with Crippen molar-refractivity contribution in [3.8, 4) is 0 Å². The molecule has 1 rings (SSSR count). The van der Waals surface area contributed by atoms with Crippen LogP contribution in [0.15, 0.2) is 0 Å². The molecule has 17 heavy (non-hydrogen) atoms. The number of alkyl halides is 4. The Labute approximate surface area is 98.0 Å². The molecule has 0 atom stereocenters. The van der Waals surface area contributed by atoms with Gasteiger partial charge in [0.25, 0.3) is 5.91 Å². The van der Waals surface area contributed by atoms with Gasteiger partial charge in [0.15, 0.2) is 0 Å². The first kappa shape index (κ1) is 14.3. The largest absolute Gasteiger partial charge is 0.383 e. The molecule has 6 heteroatoms. The predicted octanol–water partition coefficient (Wildman–Crippen LogP) is 2.93. The third kappa shape index (κ3) is 2.90. The topological polar surface area (TPSA) is 20.3 Å². The third-order valence-electron chi connectivity index (χ3n) is 3.67. The minimum Gasteiger partial charge on any atom is -0.337 e. The minimum absolute atomic E-state index is 0.0247. The molecule has 100 valence electrons.